The van der Waals surface area contributed by atoms with Crippen LogP contribution in [0.15, 0.2) is 24.3 Å². The molecule has 1 aliphatic rings. The lowest BCUT2D eigenvalue weighted by atomic mass is 10.0. The first-order chi connectivity index (χ1) is 5.86. The molecular formula is C10H13N. The van der Waals surface area contributed by atoms with E-state index in [4.69, 9.17) is 1.41 Å². The summed E-state index contributed by atoms with van der Waals surface area (Å²) < 4.78 is 7.52. The van der Waals surface area contributed by atoms with Gasteiger partial charge in [-0.2, -0.15) is 0 Å². The van der Waals surface area contributed by atoms with Crippen molar-refractivity contribution in [3.8, 4) is 0 Å². The Labute approximate surface area is 68.9 Å². The topological polar surface area (TPSA) is 12.0 Å². The van der Waals surface area contributed by atoms with Crippen molar-refractivity contribution in [2.24, 2.45) is 0 Å². The van der Waals surface area contributed by atoms with Crippen molar-refractivity contribution in [3.63, 3.8) is 0 Å². The number of hydrogen-bond donors (Lipinski definition) is 1. The van der Waals surface area contributed by atoms with Gasteiger partial charge in [0, 0.05) is 0 Å². The molecule has 0 radical (unpaired) electrons. The van der Waals surface area contributed by atoms with E-state index in [2.05, 4.69) is 24.3 Å². The van der Waals surface area contributed by atoms with Gasteiger partial charge in [-0.15, -0.1) is 0 Å². The van der Waals surface area contributed by atoms with Gasteiger partial charge in [-0.3, -0.25) is 0 Å². The fraction of sp³-hybridized carbons (Fsp3) is 0.400. The van der Waals surface area contributed by atoms with Crippen LogP contribution in [0.5, 0.6) is 0 Å². The summed E-state index contributed by atoms with van der Waals surface area (Å²) in [7, 11) is 0. The van der Waals surface area contributed by atoms with E-state index >= 15 is 0 Å². The van der Waals surface area contributed by atoms with E-state index in [0.717, 1.165) is 25.9 Å². The van der Waals surface area contributed by atoms with Crippen molar-refractivity contribution >= 4 is 0 Å². The van der Waals surface area contributed by atoms with Crippen LogP contribution in [0.4, 0.5) is 0 Å². The number of benzene rings is 1. The van der Waals surface area contributed by atoms with Gasteiger partial charge >= 0.3 is 0 Å². The minimum atomic E-state index is 0.872. The predicted molar refractivity (Wildman–Crippen MR) is 46.7 cm³/mol. The standard InChI is InChI=1S/C10H13N/c1-2-4-10-6-8-11-7-5-9(10)3-1/h1-4,11H,5-8H2/i/hD. The Morgan fingerprint density at radius 3 is 2.18 bits per heavy atom. The molecule has 1 aromatic carbocycles. The molecule has 0 amide bonds. The lowest BCUT2D eigenvalue weighted by Gasteiger charge is -2.01. The summed E-state index contributed by atoms with van der Waals surface area (Å²) in [5, 5.41) is 1.65. The number of rotatable bonds is 0. The average Bonchev–Trinajstić information content (AvgIpc) is 2.29. The maximum Gasteiger partial charge on any atom is 0.122 e. The Morgan fingerprint density at radius 2 is 1.64 bits per heavy atom. The van der Waals surface area contributed by atoms with E-state index in [9.17, 15) is 0 Å². The molecule has 0 saturated carbocycles. The van der Waals surface area contributed by atoms with E-state index < -0.39 is 0 Å². The Kier molecular flexibility index (Phi) is 1.61. The minimum Gasteiger partial charge on any atom is -0.316 e. The highest BCUT2D eigenvalue weighted by atomic mass is 14.8. The van der Waals surface area contributed by atoms with Crippen LogP contribution in [-0.4, -0.2) is 13.1 Å². The van der Waals surface area contributed by atoms with E-state index in [0.29, 0.717) is 0 Å². The lowest BCUT2D eigenvalue weighted by molar-refractivity contribution is 0.711. The van der Waals surface area contributed by atoms with Gasteiger partial charge in [0.1, 0.15) is 1.41 Å². The van der Waals surface area contributed by atoms with Crippen LogP contribution < -0.4 is 5.31 Å². The third kappa shape index (κ3) is 1.43. The highest BCUT2D eigenvalue weighted by Gasteiger charge is 2.04. The van der Waals surface area contributed by atoms with Crippen LogP contribution in [-0.2, 0) is 12.8 Å². The van der Waals surface area contributed by atoms with Crippen LogP contribution in [0.2, 0.25) is 1.41 Å². The molecule has 1 aromatic rings. The summed E-state index contributed by atoms with van der Waals surface area (Å²) in [6.45, 7) is 1.74. The SMILES string of the molecule is [2H]N1CCc2ccccc2CC1. The first kappa shape index (κ1) is 5.78. The van der Waals surface area contributed by atoms with Crippen molar-refractivity contribution in [2.45, 2.75) is 12.8 Å². The quantitative estimate of drug-likeness (QED) is 0.586. The molecule has 0 saturated heterocycles. The predicted octanol–water partition coefficient (Wildman–Crippen LogP) is 1.37. The van der Waals surface area contributed by atoms with Crippen LogP contribution >= 0.6 is 0 Å². The largest absolute Gasteiger partial charge is 0.316 e. The number of hydrogen-bond acceptors (Lipinski definition) is 1. The first-order valence-electron chi connectivity index (χ1n) is 4.61. The smallest absolute Gasteiger partial charge is 0.122 e. The second-order valence-electron chi connectivity index (χ2n) is 2.94. The van der Waals surface area contributed by atoms with E-state index in [-0.39, 0.29) is 0 Å². The highest BCUT2D eigenvalue weighted by Crippen LogP contribution is 2.11. The zero-order chi connectivity index (χ0) is 8.39. The summed E-state index contributed by atoms with van der Waals surface area (Å²) in [5.41, 5.74) is 2.85. The van der Waals surface area contributed by atoms with E-state index in [1.165, 1.54) is 11.1 Å². The molecule has 1 aliphatic heterocycles. The van der Waals surface area contributed by atoms with E-state index in [1.807, 2.05) is 0 Å². The van der Waals surface area contributed by atoms with E-state index in [1.54, 1.807) is 5.31 Å². The first-order valence-corrected chi connectivity index (χ1v) is 4.17. The Bertz CT molecular complexity index is 245. The van der Waals surface area contributed by atoms with Crippen molar-refractivity contribution in [2.75, 3.05) is 13.1 Å². The fourth-order valence-electron chi connectivity index (χ4n) is 1.56. The third-order valence-corrected chi connectivity index (χ3v) is 2.20. The molecule has 1 heterocycles. The molecule has 0 aliphatic carbocycles. The van der Waals surface area contributed by atoms with Crippen molar-refractivity contribution in [3.05, 3.63) is 35.4 Å². The molecule has 1 N–H and O–H groups in total. The van der Waals surface area contributed by atoms with Crippen molar-refractivity contribution < 1.29 is 1.41 Å². The molecule has 0 spiro atoms. The summed E-state index contributed by atoms with van der Waals surface area (Å²) in [6, 6.07) is 8.51. The molecule has 1 nitrogen and oxygen atoms in total. The molecule has 2 rings (SSSR count). The highest BCUT2D eigenvalue weighted by molar-refractivity contribution is 5.28. The van der Waals surface area contributed by atoms with Gasteiger partial charge < -0.3 is 5.31 Å². The maximum atomic E-state index is 7.52. The van der Waals surface area contributed by atoms with Gasteiger partial charge in [0.15, 0.2) is 0 Å². The molecular weight excluding hydrogens is 134 g/mol. The molecule has 0 aromatic heterocycles. The van der Waals surface area contributed by atoms with Crippen LogP contribution in [0.25, 0.3) is 0 Å². The minimum absolute atomic E-state index is 0.872. The average molecular weight is 148 g/mol. The molecule has 1 heteroatoms. The van der Waals surface area contributed by atoms with Gasteiger partial charge in [-0.25, -0.2) is 0 Å². The number of nitrogens with one attached hydrogen (secondary N) is 1. The van der Waals surface area contributed by atoms with Crippen LogP contribution in [0, 0.1) is 0 Å². The maximum absolute atomic E-state index is 7.52. The van der Waals surface area contributed by atoms with Gasteiger partial charge in [-0.1, -0.05) is 24.3 Å². The third-order valence-electron chi connectivity index (χ3n) is 2.20. The molecule has 0 unspecified atom stereocenters. The molecule has 0 fully saturated rings. The number of fused-ring (bicyclic) bond motifs is 1. The Balaban J connectivity index is 2.26. The van der Waals surface area contributed by atoms with Gasteiger partial charge in [0.25, 0.3) is 0 Å². The van der Waals surface area contributed by atoms with Crippen molar-refractivity contribution in [1.29, 1.82) is 0 Å². The van der Waals surface area contributed by atoms with Crippen molar-refractivity contribution in [1.82, 2.24) is 5.31 Å². The zero-order valence-electron chi connectivity index (χ0n) is 7.59. The summed E-state index contributed by atoms with van der Waals surface area (Å²) in [6.07, 6.45) is 2.05. The summed E-state index contributed by atoms with van der Waals surface area (Å²) in [4.78, 5) is 0. The fourth-order valence-corrected chi connectivity index (χ4v) is 1.56. The molecule has 58 valence electrons. The van der Waals surface area contributed by atoms with Gasteiger partial charge in [0.05, 0.1) is 0 Å². The van der Waals surface area contributed by atoms with Crippen LogP contribution in [0.3, 0.4) is 0 Å². The molecule has 0 atom stereocenters. The summed E-state index contributed by atoms with van der Waals surface area (Å²) >= 11 is 0. The second-order valence-corrected chi connectivity index (χ2v) is 2.94. The van der Waals surface area contributed by atoms with Gasteiger partial charge in [0.2, 0.25) is 0 Å². The Hall–Kier alpha value is -0.820. The normalized spacial score (nSPS) is 20.2. The Morgan fingerprint density at radius 1 is 1.09 bits per heavy atom. The molecule has 0 bridgehead atoms. The second kappa shape index (κ2) is 3.05. The zero-order valence-corrected chi connectivity index (χ0v) is 6.59. The molecule has 11 heavy (non-hydrogen) atoms. The lowest BCUT2D eigenvalue weighted by Crippen LogP contribution is -2.16. The van der Waals surface area contributed by atoms with Gasteiger partial charge in [-0.05, 0) is 37.1 Å². The summed E-state index contributed by atoms with van der Waals surface area (Å²) in [5.74, 6) is 0. The monoisotopic (exact) mass is 148 g/mol. The van der Waals surface area contributed by atoms with Crippen LogP contribution in [0.1, 0.15) is 11.1 Å².